The van der Waals surface area contributed by atoms with Gasteiger partial charge in [-0.1, -0.05) is 13.8 Å². The van der Waals surface area contributed by atoms with E-state index in [2.05, 4.69) is 24.5 Å². The quantitative estimate of drug-likeness (QED) is 0.650. The molecule has 4 nitrogen and oxygen atoms in total. The van der Waals surface area contributed by atoms with Gasteiger partial charge in [-0.2, -0.15) is 0 Å². The first-order chi connectivity index (χ1) is 8.68. The SMILES string of the molecule is CC(C)CCCNC(=O)CCOC1CCNCC1. The van der Waals surface area contributed by atoms with Gasteiger partial charge in [-0.3, -0.25) is 4.79 Å². The van der Waals surface area contributed by atoms with Crippen LogP contribution in [0.1, 0.15) is 46.0 Å². The number of carbonyl (C=O) groups excluding carboxylic acids is 1. The lowest BCUT2D eigenvalue weighted by Crippen LogP contribution is -2.33. The van der Waals surface area contributed by atoms with E-state index >= 15 is 0 Å². The van der Waals surface area contributed by atoms with Crippen LogP contribution in [0.3, 0.4) is 0 Å². The second-order valence-corrected chi connectivity index (χ2v) is 5.46. The summed E-state index contributed by atoms with van der Waals surface area (Å²) in [5.74, 6) is 0.831. The Balaban J connectivity index is 1.92. The Morgan fingerprint density at radius 1 is 1.39 bits per heavy atom. The van der Waals surface area contributed by atoms with Gasteiger partial charge in [0, 0.05) is 13.0 Å². The van der Waals surface area contributed by atoms with E-state index in [-0.39, 0.29) is 5.91 Å². The van der Waals surface area contributed by atoms with Crippen molar-refractivity contribution in [3.63, 3.8) is 0 Å². The Kier molecular flexibility index (Phi) is 8.01. The zero-order valence-electron chi connectivity index (χ0n) is 11.8. The lowest BCUT2D eigenvalue weighted by molar-refractivity contribution is -0.122. The molecule has 1 amide bonds. The Hall–Kier alpha value is -0.610. The highest BCUT2D eigenvalue weighted by Crippen LogP contribution is 2.07. The molecule has 1 fully saturated rings. The molecule has 0 aromatic rings. The van der Waals surface area contributed by atoms with Gasteiger partial charge in [0.1, 0.15) is 0 Å². The molecule has 0 aromatic heterocycles. The summed E-state index contributed by atoms with van der Waals surface area (Å²) >= 11 is 0. The lowest BCUT2D eigenvalue weighted by atomic mass is 10.1. The Morgan fingerprint density at radius 3 is 2.78 bits per heavy atom. The summed E-state index contributed by atoms with van der Waals surface area (Å²) in [4.78, 5) is 11.5. The minimum absolute atomic E-state index is 0.118. The molecule has 0 aliphatic carbocycles. The number of piperidine rings is 1. The topological polar surface area (TPSA) is 50.4 Å². The van der Waals surface area contributed by atoms with E-state index in [1.165, 1.54) is 6.42 Å². The van der Waals surface area contributed by atoms with Crippen LogP contribution in [0.5, 0.6) is 0 Å². The molecule has 0 atom stereocenters. The first-order valence-corrected chi connectivity index (χ1v) is 7.27. The van der Waals surface area contributed by atoms with Crippen LogP contribution < -0.4 is 10.6 Å². The van der Waals surface area contributed by atoms with Crippen LogP contribution in [0, 0.1) is 5.92 Å². The maximum Gasteiger partial charge on any atom is 0.222 e. The summed E-state index contributed by atoms with van der Waals surface area (Å²) in [6.07, 6.45) is 5.21. The minimum Gasteiger partial charge on any atom is -0.378 e. The van der Waals surface area contributed by atoms with Gasteiger partial charge in [0.2, 0.25) is 5.91 Å². The molecule has 4 heteroatoms. The van der Waals surface area contributed by atoms with Crippen LogP contribution in [-0.4, -0.2) is 38.3 Å². The van der Waals surface area contributed by atoms with Gasteiger partial charge in [0.05, 0.1) is 12.7 Å². The van der Waals surface area contributed by atoms with Crippen LogP contribution in [-0.2, 0) is 9.53 Å². The van der Waals surface area contributed by atoms with Crippen molar-refractivity contribution in [1.29, 1.82) is 0 Å². The molecular weight excluding hydrogens is 228 g/mol. The molecule has 0 aromatic carbocycles. The number of hydrogen-bond acceptors (Lipinski definition) is 3. The standard InChI is InChI=1S/C14H28N2O2/c1-12(2)4-3-8-16-14(17)7-11-18-13-5-9-15-10-6-13/h12-13,15H,3-11H2,1-2H3,(H,16,17). The predicted molar refractivity (Wildman–Crippen MR) is 73.5 cm³/mol. The van der Waals surface area contributed by atoms with Gasteiger partial charge >= 0.3 is 0 Å². The van der Waals surface area contributed by atoms with Crippen LogP contribution in [0.15, 0.2) is 0 Å². The van der Waals surface area contributed by atoms with Gasteiger partial charge in [0.15, 0.2) is 0 Å². The average molecular weight is 256 g/mol. The molecule has 0 saturated carbocycles. The molecule has 0 bridgehead atoms. The van der Waals surface area contributed by atoms with E-state index in [0.29, 0.717) is 25.0 Å². The third kappa shape index (κ3) is 7.67. The summed E-state index contributed by atoms with van der Waals surface area (Å²) in [7, 11) is 0. The van der Waals surface area contributed by atoms with Gasteiger partial charge < -0.3 is 15.4 Å². The number of ether oxygens (including phenoxy) is 1. The highest BCUT2D eigenvalue weighted by atomic mass is 16.5. The number of amides is 1. The van der Waals surface area contributed by atoms with Crippen molar-refractivity contribution in [2.24, 2.45) is 5.92 Å². The van der Waals surface area contributed by atoms with Crippen molar-refractivity contribution in [1.82, 2.24) is 10.6 Å². The van der Waals surface area contributed by atoms with E-state index in [0.717, 1.165) is 38.9 Å². The van der Waals surface area contributed by atoms with Crippen molar-refractivity contribution >= 4 is 5.91 Å². The summed E-state index contributed by atoms with van der Waals surface area (Å²) < 4.78 is 5.70. The molecule has 2 N–H and O–H groups in total. The van der Waals surface area contributed by atoms with Crippen molar-refractivity contribution in [2.75, 3.05) is 26.2 Å². The van der Waals surface area contributed by atoms with E-state index in [9.17, 15) is 4.79 Å². The maximum atomic E-state index is 11.5. The van der Waals surface area contributed by atoms with Crippen molar-refractivity contribution in [3.05, 3.63) is 0 Å². The normalized spacial score (nSPS) is 17.1. The molecule has 1 aliphatic heterocycles. The van der Waals surface area contributed by atoms with Gasteiger partial charge in [-0.25, -0.2) is 0 Å². The fourth-order valence-electron chi connectivity index (χ4n) is 2.11. The van der Waals surface area contributed by atoms with Gasteiger partial charge in [0.25, 0.3) is 0 Å². The largest absolute Gasteiger partial charge is 0.378 e. The smallest absolute Gasteiger partial charge is 0.222 e. The molecule has 1 rings (SSSR count). The second kappa shape index (κ2) is 9.34. The molecule has 106 valence electrons. The number of nitrogens with one attached hydrogen (secondary N) is 2. The molecule has 1 heterocycles. The van der Waals surface area contributed by atoms with Crippen molar-refractivity contribution in [3.8, 4) is 0 Å². The highest BCUT2D eigenvalue weighted by molar-refractivity contribution is 5.75. The van der Waals surface area contributed by atoms with Crippen LogP contribution in [0.4, 0.5) is 0 Å². The maximum absolute atomic E-state index is 11.5. The van der Waals surface area contributed by atoms with Crippen molar-refractivity contribution < 1.29 is 9.53 Å². The third-order valence-corrected chi connectivity index (χ3v) is 3.25. The molecule has 0 radical (unpaired) electrons. The van der Waals surface area contributed by atoms with Gasteiger partial charge in [-0.05, 0) is 44.7 Å². The molecule has 0 unspecified atom stereocenters. The van der Waals surface area contributed by atoms with Crippen molar-refractivity contribution in [2.45, 2.75) is 52.1 Å². The fraction of sp³-hybridized carbons (Fsp3) is 0.929. The molecular formula is C14H28N2O2. The Morgan fingerprint density at radius 2 is 2.11 bits per heavy atom. The summed E-state index contributed by atoms with van der Waals surface area (Å²) in [5, 5.41) is 6.24. The summed E-state index contributed by atoms with van der Waals surface area (Å²) in [6, 6.07) is 0. The highest BCUT2D eigenvalue weighted by Gasteiger charge is 2.13. The molecule has 1 aliphatic rings. The number of carbonyl (C=O) groups is 1. The molecule has 1 saturated heterocycles. The zero-order valence-corrected chi connectivity index (χ0v) is 11.8. The summed E-state index contributed by atoms with van der Waals surface area (Å²) in [5.41, 5.74) is 0. The first kappa shape index (κ1) is 15.4. The fourth-order valence-corrected chi connectivity index (χ4v) is 2.11. The monoisotopic (exact) mass is 256 g/mol. The first-order valence-electron chi connectivity index (χ1n) is 7.27. The Bertz CT molecular complexity index is 226. The number of hydrogen-bond donors (Lipinski definition) is 2. The van der Waals surface area contributed by atoms with E-state index < -0.39 is 0 Å². The van der Waals surface area contributed by atoms with Crippen LogP contribution in [0.2, 0.25) is 0 Å². The minimum atomic E-state index is 0.118. The molecule has 18 heavy (non-hydrogen) atoms. The predicted octanol–water partition coefficient (Wildman–Crippen LogP) is 1.70. The van der Waals surface area contributed by atoms with E-state index in [1.807, 2.05) is 0 Å². The second-order valence-electron chi connectivity index (χ2n) is 5.46. The third-order valence-electron chi connectivity index (χ3n) is 3.25. The van der Waals surface area contributed by atoms with E-state index in [1.54, 1.807) is 0 Å². The average Bonchev–Trinajstić information content (AvgIpc) is 2.36. The van der Waals surface area contributed by atoms with Crippen LogP contribution >= 0.6 is 0 Å². The Labute approximate surface area is 111 Å². The van der Waals surface area contributed by atoms with Crippen LogP contribution in [0.25, 0.3) is 0 Å². The summed E-state index contributed by atoms with van der Waals surface area (Å²) in [6.45, 7) is 7.83. The lowest BCUT2D eigenvalue weighted by Gasteiger charge is -2.22. The van der Waals surface area contributed by atoms with E-state index in [4.69, 9.17) is 4.74 Å². The zero-order chi connectivity index (χ0) is 13.2. The number of rotatable bonds is 8. The van der Waals surface area contributed by atoms with Gasteiger partial charge in [-0.15, -0.1) is 0 Å². The molecule has 0 spiro atoms.